The zero-order chi connectivity index (χ0) is 10.9. The Kier molecular flexibility index (Phi) is 2.81. The molecular weight excluding hydrogens is 258 g/mol. The molecule has 15 heavy (non-hydrogen) atoms. The molecule has 0 radical (unpaired) electrons. The number of hydrogen-bond acceptors (Lipinski definition) is 3. The Morgan fingerprint density at radius 1 is 1.80 bits per heavy atom. The first-order valence-corrected chi connectivity index (χ1v) is 5.60. The van der Waals surface area contributed by atoms with Gasteiger partial charge in [-0.05, 0) is 28.8 Å². The van der Waals surface area contributed by atoms with Crippen molar-refractivity contribution in [3.63, 3.8) is 0 Å². The van der Waals surface area contributed by atoms with Crippen molar-refractivity contribution in [3.05, 3.63) is 16.9 Å². The van der Waals surface area contributed by atoms with E-state index in [1.54, 1.807) is 13.3 Å². The van der Waals surface area contributed by atoms with Crippen LogP contribution in [0.4, 0.5) is 0 Å². The van der Waals surface area contributed by atoms with Gasteiger partial charge in [-0.25, -0.2) is 0 Å². The van der Waals surface area contributed by atoms with Crippen molar-refractivity contribution in [2.45, 2.75) is 30.9 Å². The van der Waals surface area contributed by atoms with E-state index in [0.29, 0.717) is 6.42 Å². The fraction of sp³-hybridized carbons (Fsp3) is 0.600. The average molecular weight is 270 g/mol. The van der Waals surface area contributed by atoms with Crippen LogP contribution in [0.15, 0.2) is 16.9 Å². The van der Waals surface area contributed by atoms with Crippen LogP contribution in [-0.4, -0.2) is 23.0 Å². The van der Waals surface area contributed by atoms with Crippen LogP contribution in [0, 0.1) is 11.3 Å². The van der Waals surface area contributed by atoms with Crippen molar-refractivity contribution in [3.8, 4) is 6.07 Å². The van der Waals surface area contributed by atoms with E-state index in [1.807, 2.05) is 10.9 Å². The summed E-state index contributed by atoms with van der Waals surface area (Å²) in [4.78, 5) is 0. The highest BCUT2D eigenvalue weighted by Gasteiger charge is 2.46. The second-order valence-corrected chi connectivity index (χ2v) is 4.84. The van der Waals surface area contributed by atoms with Crippen molar-refractivity contribution in [1.82, 2.24) is 9.78 Å². The molecule has 5 heteroatoms. The van der Waals surface area contributed by atoms with Gasteiger partial charge in [0.15, 0.2) is 0 Å². The molecule has 0 spiro atoms. The number of nitrogens with zero attached hydrogens (tertiary/aromatic N) is 3. The minimum absolute atomic E-state index is 0.151. The molecule has 0 N–H and O–H groups in total. The van der Waals surface area contributed by atoms with E-state index in [-0.39, 0.29) is 11.6 Å². The van der Waals surface area contributed by atoms with Crippen LogP contribution < -0.4 is 0 Å². The molecule has 1 aromatic heterocycles. The first kappa shape index (κ1) is 10.7. The molecular formula is C10H12BrN3O. The lowest BCUT2D eigenvalue weighted by atomic mass is 9.72. The summed E-state index contributed by atoms with van der Waals surface area (Å²) in [5.74, 6) is 0. The van der Waals surface area contributed by atoms with E-state index >= 15 is 0 Å². The van der Waals surface area contributed by atoms with Gasteiger partial charge >= 0.3 is 0 Å². The maximum atomic E-state index is 8.85. The Morgan fingerprint density at radius 2 is 2.53 bits per heavy atom. The van der Waals surface area contributed by atoms with E-state index in [0.717, 1.165) is 17.3 Å². The molecule has 1 aliphatic carbocycles. The van der Waals surface area contributed by atoms with Crippen LogP contribution in [0.5, 0.6) is 0 Å². The summed E-state index contributed by atoms with van der Waals surface area (Å²) in [6.45, 7) is 0. The van der Waals surface area contributed by atoms with Crippen molar-refractivity contribution in [1.29, 1.82) is 5.26 Å². The highest BCUT2D eigenvalue weighted by molar-refractivity contribution is 9.10. The first-order valence-electron chi connectivity index (χ1n) is 4.80. The smallest absolute Gasteiger partial charge is 0.0806 e. The minimum Gasteiger partial charge on any atom is -0.381 e. The molecule has 1 aromatic rings. The van der Waals surface area contributed by atoms with Crippen LogP contribution in [-0.2, 0) is 10.3 Å². The van der Waals surface area contributed by atoms with Crippen molar-refractivity contribution >= 4 is 15.9 Å². The molecule has 0 saturated heterocycles. The number of hydrogen-bond donors (Lipinski definition) is 0. The van der Waals surface area contributed by atoms with E-state index in [9.17, 15) is 0 Å². The fourth-order valence-corrected chi connectivity index (χ4v) is 2.36. The predicted molar refractivity (Wildman–Crippen MR) is 58.2 cm³/mol. The van der Waals surface area contributed by atoms with Crippen molar-refractivity contribution in [2.24, 2.45) is 0 Å². The van der Waals surface area contributed by atoms with Gasteiger partial charge in [0.05, 0.1) is 34.8 Å². The highest BCUT2D eigenvalue weighted by Crippen LogP contribution is 2.43. The van der Waals surface area contributed by atoms with E-state index < -0.39 is 0 Å². The average Bonchev–Trinajstić information content (AvgIpc) is 2.58. The quantitative estimate of drug-likeness (QED) is 0.844. The van der Waals surface area contributed by atoms with Gasteiger partial charge in [-0.1, -0.05) is 0 Å². The molecule has 0 amide bonds. The molecule has 0 atom stereocenters. The van der Waals surface area contributed by atoms with Gasteiger partial charge in [0.25, 0.3) is 0 Å². The maximum absolute atomic E-state index is 8.85. The van der Waals surface area contributed by atoms with E-state index in [4.69, 9.17) is 10.00 Å². The zero-order valence-corrected chi connectivity index (χ0v) is 10.1. The van der Waals surface area contributed by atoms with Gasteiger partial charge in [-0.3, -0.25) is 4.68 Å². The van der Waals surface area contributed by atoms with Crippen LogP contribution in [0.3, 0.4) is 0 Å². The third-order valence-electron chi connectivity index (χ3n) is 2.99. The lowest BCUT2D eigenvalue weighted by Crippen LogP contribution is -2.50. The molecule has 1 aliphatic rings. The SMILES string of the molecule is CO[C@H]1C[C@](CC#N)(n2cc(Br)cn2)C1. The Bertz CT molecular complexity index is 390. The number of ether oxygens (including phenoxy) is 1. The Morgan fingerprint density at radius 3 is 3.00 bits per heavy atom. The van der Waals surface area contributed by atoms with E-state index in [2.05, 4.69) is 27.1 Å². The summed E-state index contributed by atoms with van der Waals surface area (Å²) >= 11 is 3.36. The van der Waals surface area contributed by atoms with Gasteiger partial charge in [-0.15, -0.1) is 0 Å². The molecule has 0 bridgehead atoms. The number of nitriles is 1. The van der Waals surface area contributed by atoms with Gasteiger partial charge in [0, 0.05) is 13.3 Å². The first-order chi connectivity index (χ1) is 7.20. The molecule has 1 saturated carbocycles. The second-order valence-electron chi connectivity index (χ2n) is 3.93. The Balaban J connectivity index is 2.19. The normalized spacial score (nSPS) is 29.5. The molecule has 1 heterocycles. The number of methoxy groups -OCH3 is 1. The Hall–Kier alpha value is -0.860. The fourth-order valence-electron chi connectivity index (χ4n) is 2.07. The molecule has 0 unspecified atom stereocenters. The number of rotatable bonds is 3. The lowest BCUT2D eigenvalue weighted by molar-refractivity contribution is -0.0542. The van der Waals surface area contributed by atoms with Crippen LogP contribution in [0.25, 0.3) is 0 Å². The lowest BCUT2D eigenvalue weighted by Gasteiger charge is -2.45. The minimum atomic E-state index is -0.151. The van der Waals surface area contributed by atoms with Gasteiger partial charge in [-0.2, -0.15) is 10.4 Å². The van der Waals surface area contributed by atoms with Gasteiger partial charge in [0.1, 0.15) is 0 Å². The van der Waals surface area contributed by atoms with Gasteiger partial charge in [0.2, 0.25) is 0 Å². The molecule has 4 nitrogen and oxygen atoms in total. The monoisotopic (exact) mass is 269 g/mol. The molecule has 0 aliphatic heterocycles. The van der Waals surface area contributed by atoms with Crippen molar-refractivity contribution < 1.29 is 4.74 Å². The largest absolute Gasteiger partial charge is 0.381 e. The Labute approximate surface area is 97.0 Å². The topological polar surface area (TPSA) is 50.8 Å². The summed E-state index contributed by atoms with van der Waals surface area (Å²) in [6.07, 6.45) is 6.15. The third kappa shape index (κ3) is 1.80. The molecule has 80 valence electrons. The standard InChI is InChI=1S/C10H12BrN3O/c1-15-9-4-10(5-9,2-3-12)14-7-8(11)6-13-14/h6-7,9H,2,4-5H2,1H3/t9-,10-. The van der Waals surface area contributed by atoms with Crippen LogP contribution in [0.2, 0.25) is 0 Å². The highest BCUT2D eigenvalue weighted by atomic mass is 79.9. The van der Waals surface area contributed by atoms with E-state index in [1.165, 1.54) is 0 Å². The number of halogens is 1. The maximum Gasteiger partial charge on any atom is 0.0806 e. The summed E-state index contributed by atoms with van der Waals surface area (Å²) < 4.78 is 8.08. The summed E-state index contributed by atoms with van der Waals surface area (Å²) in [5, 5.41) is 13.1. The second kappa shape index (κ2) is 3.95. The number of aromatic nitrogens is 2. The molecule has 2 rings (SSSR count). The zero-order valence-electron chi connectivity index (χ0n) is 8.48. The van der Waals surface area contributed by atoms with Crippen LogP contribution in [0.1, 0.15) is 19.3 Å². The summed E-state index contributed by atoms with van der Waals surface area (Å²) in [6, 6.07) is 2.23. The van der Waals surface area contributed by atoms with Crippen molar-refractivity contribution in [2.75, 3.05) is 7.11 Å². The predicted octanol–water partition coefficient (Wildman–Crippen LogP) is 2.06. The van der Waals surface area contributed by atoms with Crippen LogP contribution >= 0.6 is 15.9 Å². The molecule has 1 fully saturated rings. The molecule has 0 aromatic carbocycles. The summed E-state index contributed by atoms with van der Waals surface area (Å²) in [7, 11) is 1.71. The third-order valence-corrected chi connectivity index (χ3v) is 3.40. The van der Waals surface area contributed by atoms with Gasteiger partial charge < -0.3 is 4.74 Å². The summed E-state index contributed by atoms with van der Waals surface area (Å²) in [5.41, 5.74) is -0.151.